The van der Waals surface area contributed by atoms with E-state index in [-0.39, 0.29) is 22.2 Å². The molecule has 1 N–H and O–H groups in total. The standard InChI is InChI=1S/C17H22FN3O4.C12H12BrFN2O2/c1-16(2,3)24-14(22)20-10-7-12-13(19-8-10)11(18)9-21(12)15(23)25-17(4,5)6;1-12(2,3)18-11(17)16-6-8(14)10-9(16)4-7(13)5-15-10/h7-9H,1-6H3,(H,20,22);4-6H,1-3H3. The normalized spacial score (nSPS) is 12.0. The van der Waals surface area contributed by atoms with Crippen LogP contribution in [0.3, 0.4) is 0 Å². The third-order valence-corrected chi connectivity index (χ3v) is 5.42. The van der Waals surface area contributed by atoms with Gasteiger partial charge in [-0.2, -0.15) is 0 Å². The minimum absolute atomic E-state index is 0.000554. The topological polar surface area (TPSA) is 127 Å². The SMILES string of the molecule is CC(C)(C)OC(=O)Nc1cnc2c(F)cn(C(=O)OC(C)(C)C)c2c1.CC(C)(C)OC(=O)n1cc(F)c2ncc(Br)cc21. The van der Waals surface area contributed by atoms with Gasteiger partial charge >= 0.3 is 18.3 Å². The number of rotatable bonds is 1. The summed E-state index contributed by atoms with van der Waals surface area (Å²) in [5.74, 6) is -1.21. The van der Waals surface area contributed by atoms with Crippen molar-refractivity contribution in [3.8, 4) is 0 Å². The minimum atomic E-state index is -0.738. The van der Waals surface area contributed by atoms with Gasteiger partial charge in [0, 0.05) is 10.7 Å². The summed E-state index contributed by atoms with van der Waals surface area (Å²) < 4.78 is 46.0. The van der Waals surface area contributed by atoms with Crippen LogP contribution in [0.15, 0.2) is 41.4 Å². The van der Waals surface area contributed by atoms with E-state index in [4.69, 9.17) is 14.2 Å². The first-order valence-electron chi connectivity index (χ1n) is 13.1. The van der Waals surface area contributed by atoms with E-state index in [1.54, 1.807) is 68.4 Å². The van der Waals surface area contributed by atoms with Crippen LogP contribution in [0.1, 0.15) is 62.3 Å². The van der Waals surface area contributed by atoms with Crippen LogP contribution < -0.4 is 5.32 Å². The fourth-order valence-electron chi connectivity index (χ4n) is 3.52. The molecule has 0 fully saturated rings. The Morgan fingerprint density at radius 3 is 1.58 bits per heavy atom. The number of carbonyl (C=O) groups excluding carboxylic acids is 3. The van der Waals surface area contributed by atoms with Crippen LogP contribution in [0.25, 0.3) is 22.1 Å². The summed E-state index contributed by atoms with van der Waals surface area (Å²) in [5, 5.41) is 2.50. The lowest BCUT2D eigenvalue weighted by molar-refractivity contribution is 0.0532. The lowest BCUT2D eigenvalue weighted by Crippen LogP contribution is -2.27. The molecular weight excluding hydrogens is 632 g/mol. The molecule has 0 atom stereocenters. The molecule has 0 radical (unpaired) electrons. The number of hydrogen-bond donors (Lipinski definition) is 1. The number of nitrogens with one attached hydrogen (secondary N) is 1. The van der Waals surface area contributed by atoms with Crippen LogP contribution in [0.2, 0.25) is 0 Å². The smallest absolute Gasteiger partial charge is 0.419 e. The molecular formula is C29H34BrF2N5O6. The summed E-state index contributed by atoms with van der Waals surface area (Å²) in [6, 6.07) is 3.05. The van der Waals surface area contributed by atoms with Gasteiger partial charge in [0.25, 0.3) is 0 Å². The zero-order valence-electron chi connectivity index (χ0n) is 25.3. The van der Waals surface area contributed by atoms with Gasteiger partial charge in [0.2, 0.25) is 0 Å². The molecule has 0 aliphatic carbocycles. The highest BCUT2D eigenvalue weighted by molar-refractivity contribution is 9.10. The third-order valence-electron chi connectivity index (χ3n) is 4.98. The first kappa shape index (κ1) is 33.4. The second-order valence-corrected chi connectivity index (χ2v) is 13.3. The molecule has 4 rings (SSSR count). The van der Waals surface area contributed by atoms with Gasteiger partial charge in [-0.05, 0) is 90.4 Å². The molecule has 4 aromatic rings. The number of aromatic nitrogens is 4. The molecule has 0 spiro atoms. The van der Waals surface area contributed by atoms with Crippen molar-refractivity contribution in [3.63, 3.8) is 0 Å². The second kappa shape index (κ2) is 12.3. The van der Waals surface area contributed by atoms with Gasteiger partial charge in [0.1, 0.15) is 27.8 Å². The number of anilines is 1. The Kier molecular flexibility index (Phi) is 9.54. The van der Waals surface area contributed by atoms with Gasteiger partial charge in [0.05, 0.1) is 35.3 Å². The molecule has 4 heterocycles. The molecule has 0 saturated heterocycles. The van der Waals surface area contributed by atoms with Crippen LogP contribution in [0.5, 0.6) is 0 Å². The summed E-state index contributed by atoms with van der Waals surface area (Å²) in [5.41, 5.74) is -1.07. The van der Waals surface area contributed by atoms with Gasteiger partial charge < -0.3 is 14.2 Å². The van der Waals surface area contributed by atoms with Crippen molar-refractivity contribution in [1.29, 1.82) is 0 Å². The first-order chi connectivity index (χ1) is 19.6. The van der Waals surface area contributed by atoms with E-state index >= 15 is 0 Å². The number of pyridine rings is 2. The van der Waals surface area contributed by atoms with E-state index in [1.807, 2.05) is 0 Å². The Morgan fingerprint density at radius 1 is 0.721 bits per heavy atom. The number of carbonyl (C=O) groups is 3. The number of ether oxygens (including phenoxy) is 3. The summed E-state index contributed by atoms with van der Waals surface area (Å²) in [6.07, 6.45) is 2.80. The molecule has 0 saturated carbocycles. The largest absolute Gasteiger partial charge is 0.444 e. The van der Waals surface area contributed by atoms with Crippen molar-refractivity contribution in [1.82, 2.24) is 19.1 Å². The highest BCUT2D eigenvalue weighted by atomic mass is 79.9. The Balaban J connectivity index is 0.000000248. The van der Waals surface area contributed by atoms with Crippen LogP contribution in [-0.4, -0.2) is 54.2 Å². The Hall–Kier alpha value is -4.07. The van der Waals surface area contributed by atoms with E-state index in [0.717, 1.165) is 21.5 Å². The van der Waals surface area contributed by atoms with Gasteiger partial charge in [-0.3, -0.25) is 10.3 Å². The number of fused-ring (bicyclic) bond motifs is 2. The molecule has 1 amide bonds. The number of halogens is 3. The fourth-order valence-corrected chi connectivity index (χ4v) is 3.84. The lowest BCUT2D eigenvalue weighted by atomic mass is 10.2. The zero-order chi connectivity index (χ0) is 32.5. The molecule has 0 aliphatic heterocycles. The Morgan fingerprint density at radius 2 is 1.14 bits per heavy atom. The number of nitrogens with zero attached hydrogens (tertiary/aromatic N) is 4. The van der Waals surface area contributed by atoms with Crippen molar-refractivity contribution in [3.05, 3.63) is 53.0 Å². The monoisotopic (exact) mass is 665 g/mol. The van der Waals surface area contributed by atoms with E-state index < -0.39 is 46.7 Å². The maximum Gasteiger partial charge on any atom is 0.419 e. The lowest BCUT2D eigenvalue weighted by Gasteiger charge is -2.20. The van der Waals surface area contributed by atoms with Crippen molar-refractivity contribution < 1.29 is 37.4 Å². The zero-order valence-corrected chi connectivity index (χ0v) is 26.9. The van der Waals surface area contributed by atoms with Crippen molar-refractivity contribution in [2.45, 2.75) is 79.1 Å². The highest BCUT2D eigenvalue weighted by Gasteiger charge is 2.23. The molecule has 11 nitrogen and oxygen atoms in total. The molecule has 0 aromatic carbocycles. The van der Waals surface area contributed by atoms with Crippen LogP contribution in [-0.2, 0) is 14.2 Å². The van der Waals surface area contributed by atoms with Gasteiger partial charge in [-0.1, -0.05) is 0 Å². The summed E-state index contributed by atoms with van der Waals surface area (Å²) in [7, 11) is 0. The van der Waals surface area contributed by atoms with E-state index in [2.05, 4.69) is 31.2 Å². The van der Waals surface area contributed by atoms with Crippen LogP contribution in [0, 0.1) is 11.6 Å². The summed E-state index contributed by atoms with van der Waals surface area (Å²) in [6.45, 7) is 15.6. The number of hydrogen-bond acceptors (Lipinski definition) is 8. The maximum atomic E-state index is 14.0. The van der Waals surface area contributed by atoms with Crippen molar-refractivity contribution >= 4 is 62.0 Å². The molecule has 4 aromatic heterocycles. The molecule has 0 aliphatic rings. The fraction of sp³-hybridized carbons (Fsp3) is 0.414. The average molecular weight is 667 g/mol. The highest BCUT2D eigenvalue weighted by Crippen LogP contribution is 2.24. The predicted molar refractivity (Wildman–Crippen MR) is 160 cm³/mol. The molecule has 232 valence electrons. The Labute approximate surface area is 255 Å². The van der Waals surface area contributed by atoms with Crippen LogP contribution in [0.4, 0.5) is 28.9 Å². The van der Waals surface area contributed by atoms with Gasteiger partial charge in [-0.15, -0.1) is 0 Å². The first-order valence-corrected chi connectivity index (χ1v) is 13.9. The van der Waals surface area contributed by atoms with Gasteiger partial charge in [0.15, 0.2) is 11.6 Å². The minimum Gasteiger partial charge on any atom is -0.444 e. The van der Waals surface area contributed by atoms with Crippen molar-refractivity contribution in [2.24, 2.45) is 0 Å². The van der Waals surface area contributed by atoms with E-state index in [1.165, 1.54) is 18.5 Å². The van der Waals surface area contributed by atoms with E-state index in [0.29, 0.717) is 9.99 Å². The Bertz CT molecular complexity index is 1680. The number of amides is 1. The van der Waals surface area contributed by atoms with Crippen molar-refractivity contribution in [2.75, 3.05) is 5.32 Å². The second-order valence-electron chi connectivity index (χ2n) is 12.4. The van der Waals surface area contributed by atoms with Crippen LogP contribution >= 0.6 is 15.9 Å². The van der Waals surface area contributed by atoms with Gasteiger partial charge in [-0.25, -0.2) is 37.3 Å². The quantitative estimate of drug-likeness (QED) is 0.203. The third kappa shape index (κ3) is 9.21. The summed E-state index contributed by atoms with van der Waals surface area (Å²) in [4.78, 5) is 43.9. The molecule has 0 bridgehead atoms. The molecule has 14 heteroatoms. The van der Waals surface area contributed by atoms with E-state index in [9.17, 15) is 23.2 Å². The molecule has 43 heavy (non-hydrogen) atoms. The average Bonchev–Trinajstić information content (AvgIpc) is 3.32. The predicted octanol–water partition coefficient (Wildman–Crippen LogP) is 8.03. The summed E-state index contributed by atoms with van der Waals surface area (Å²) >= 11 is 3.24. The maximum absolute atomic E-state index is 14.0. The molecule has 0 unspecified atom stereocenters.